The van der Waals surface area contributed by atoms with Crippen molar-refractivity contribution in [1.29, 1.82) is 0 Å². The number of nitrogen functional groups attached to an aromatic ring is 1. The molecule has 1 amide bonds. The Morgan fingerprint density at radius 2 is 1.71 bits per heavy atom. The first-order valence-corrected chi connectivity index (χ1v) is 6.89. The van der Waals surface area contributed by atoms with Crippen LogP contribution < -0.4 is 21.1 Å². The molecule has 0 atom stereocenters. The first-order valence-electron chi connectivity index (χ1n) is 6.89. The zero-order valence-corrected chi connectivity index (χ0v) is 11.9. The second-order valence-electron chi connectivity index (χ2n) is 5.09. The molecule has 5 heteroatoms. The molecular weight excluding hydrogens is 264 g/mol. The molecular formula is C16H18N4O. The van der Waals surface area contributed by atoms with E-state index in [4.69, 9.17) is 5.84 Å². The Kier molecular flexibility index (Phi) is 3.50. The molecule has 5 nitrogen and oxygen atoms in total. The van der Waals surface area contributed by atoms with Gasteiger partial charge in [-0.05, 0) is 36.4 Å². The Morgan fingerprint density at radius 1 is 1.05 bits per heavy atom. The highest BCUT2D eigenvalue weighted by atomic mass is 16.2. The van der Waals surface area contributed by atoms with E-state index >= 15 is 0 Å². The maximum absolute atomic E-state index is 12.7. The monoisotopic (exact) mass is 282 g/mol. The van der Waals surface area contributed by atoms with E-state index in [1.165, 1.54) is 0 Å². The molecule has 0 spiro atoms. The predicted molar refractivity (Wildman–Crippen MR) is 85.6 cm³/mol. The van der Waals surface area contributed by atoms with E-state index in [0.717, 1.165) is 23.6 Å². The van der Waals surface area contributed by atoms with Crippen LogP contribution in [-0.2, 0) is 0 Å². The molecule has 3 N–H and O–H groups in total. The van der Waals surface area contributed by atoms with E-state index in [2.05, 4.69) is 10.3 Å². The summed E-state index contributed by atoms with van der Waals surface area (Å²) in [4.78, 5) is 16.7. The zero-order chi connectivity index (χ0) is 14.8. The Morgan fingerprint density at radius 3 is 2.38 bits per heavy atom. The number of likely N-dealkylation sites (N-methyl/N-ethyl adjacent to an activating group) is 1. The summed E-state index contributed by atoms with van der Waals surface area (Å²) in [6.07, 6.45) is 0. The van der Waals surface area contributed by atoms with Crippen molar-refractivity contribution in [3.8, 4) is 0 Å². The van der Waals surface area contributed by atoms with Crippen LogP contribution in [0.4, 0.5) is 17.1 Å². The van der Waals surface area contributed by atoms with Crippen LogP contribution in [0.2, 0.25) is 0 Å². The van der Waals surface area contributed by atoms with Gasteiger partial charge in [-0.2, -0.15) is 0 Å². The SMILES string of the molecule is CN1CCN(C(=O)c2ccc(NN)cc2)c2ccccc21. The van der Waals surface area contributed by atoms with Gasteiger partial charge in [-0.15, -0.1) is 0 Å². The van der Waals surface area contributed by atoms with Crippen LogP contribution in [0.1, 0.15) is 10.4 Å². The van der Waals surface area contributed by atoms with Gasteiger partial charge in [-0.25, -0.2) is 0 Å². The minimum Gasteiger partial charge on any atom is -0.371 e. The van der Waals surface area contributed by atoms with Crippen LogP contribution in [0.25, 0.3) is 0 Å². The average Bonchev–Trinajstić information content (AvgIpc) is 2.55. The van der Waals surface area contributed by atoms with Gasteiger partial charge in [0.05, 0.1) is 11.4 Å². The smallest absolute Gasteiger partial charge is 0.258 e. The van der Waals surface area contributed by atoms with Crippen LogP contribution >= 0.6 is 0 Å². The Labute approximate surface area is 123 Å². The largest absolute Gasteiger partial charge is 0.371 e. The van der Waals surface area contributed by atoms with Gasteiger partial charge in [0, 0.05) is 31.4 Å². The third-order valence-corrected chi connectivity index (χ3v) is 3.79. The second kappa shape index (κ2) is 5.46. The number of amides is 1. The zero-order valence-electron chi connectivity index (χ0n) is 11.9. The van der Waals surface area contributed by atoms with Gasteiger partial charge in [0.1, 0.15) is 0 Å². The van der Waals surface area contributed by atoms with Crippen molar-refractivity contribution >= 4 is 23.0 Å². The molecule has 2 aromatic rings. The Bertz CT molecular complexity index is 654. The Balaban J connectivity index is 1.93. The molecule has 0 unspecified atom stereocenters. The van der Waals surface area contributed by atoms with Gasteiger partial charge in [-0.1, -0.05) is 12.1 Å². The van der Waals surface area contributed by atoms with Gasteiger partial charge in [0.25, 0.3) is 5.91 Å². The molecule has 0 saturated heterocycles. The molecule has 0 aliphatic carbocycles. The number of hydrogen-bond acceptors (Lipinski definition) is 4. The summed E-state index contributed by atoms with van der Waals surface area (Å²) < 4.78 is 0. The van der Waals surface area contributed by atoms with E-state index in [0.29, 0.717) is 12.1 Å². The third kappa shape index (κ3) is 2.43. The van der Waals surface area contributed by atoms with Crippen LogP contribution in [0, 0.1) is 0 Å². The number of benzene rings is 2. The highest BCUT2D eigenvalue weighted by Crippen LogP contribution is 2.32. The summed E-state index contributed by atoms with van der Waals surface area (Å²) in [5, 5.41) is 0. The lowest BCUT2D eigenvalue weighted by Gasteiger charge is -2.35. The van der Waals surface area contributed by atoms with Gasteiger partial charge < -0.3 is 15.2 Å². The van der Waals surface area contributed by atoms with Gasteiger partial charge >= 0.3 is 0 Å². The molecule has 0 bridgehead atoms. The molecule has 0 fully saturated rings. The standard InChI is InChI=1S/C16H18N4O/c1-19-10-11-20(15-5-3-2-4-14(15)19)16(21)12-6-8-13(18-17)9-7-12/h2-9,18H,10-11,17H2,1H3. The molecule has 2 aromatic carbocycles. The number of anilines is 3. The van der Waals surface area contributed by atoms with Gasteiger partial charge in [0.15, 0.2) is 0 Å². The number of nitrogens with two attached hydrogens (primary N) is 1. The number of fused-ring (bicyclic) bond motifs is 1. The van der Waals surface area contributed by atoms with Gasteiger partial charge in [0.2, 0.25) is 0 Å². The molecule has 1 heterocycles. The average molecular weight is 282 g/mol. The summed E-state index contributed by atoms with van der Waals surface area (Å²) in [6.45, 7) is 1.51. The molecule has 1 aliphatic heterocycles. The summed E-state index contributed by atoms with van der Waals surface area (Å²) in [6, 6.07) is 15.2. The fourth-order valence-corrected chi connectivity index (χ4v) is 2.58. The molecule has 0 saturated carbocycles. The topological polar surface area (TPSA) is 61.6 Å². The number of carbonyl (C=O) groups is 1. The maximum Gasteiger partial charge on any atom is 0.258 e. The van der Waals surface area contributed by atoms with Crippen molar-refractivity contribution in [3.05, 3.63) is 54.1 Å². The number of carbonyl (C=O) groups excluding carboxylic acids is 1. The quantitative estimate of drug-likeness (QED) is 0.654. The van der Waals surface area contributed by atoms with E-state index in [9.17, 15) is 4.79 Å². The van der Waals surface area contributed by atoms with E-state index < -0.39 is 0 Å². The summed E-state index contributed by atoms with van der Waals surface area (Å²) >= 11 is 0. The first-order chi connectivity index (χ1) is 10.2. The van der Waals surface area contributed by atoms with Crippen molar-refractivity contribution in [2.45, 2.75) is 0 Å². The van der Waals surface area contributed by atoms with Crippen LogP contribution in [0.15, 0.2) is 48.5 Å². The van der Waals surface area contributed by atoms with Crippen molar-refractivity contribution in [1.82, 2.24) is 0 Å². The number of para-hydroxylation sites is 2. The van der Waals surface area contributed by atoms with Crippen LogP contribution in [0.5, 0.6) is 0 Å². The highest BCUT2D eigenvalue weighted by Gasteiger charge is 2.25. The summed E-state index contributed by atoms with van der Waals surface area (Å²) in [5.74, 6) is 5.36. The maximum atomic E-state index is 12.7. The summed E-state index contributed by atoms with van der Waals surface area (Å²) in [7, 11) is 2.04. The van der Waals surface area contributed by atoms with Crippen molar-refractivity contribution in [3.63, 3.8) is 0 Å². The fraction of sp³-hybridized carbons (Fsp3) is 0.188. The lowest BCUT2D eigenvalue weighted by Crippen LogP contribution is -2.42. The van der Waals surface area contributed by atoms with E-state index in [1.54, 1.807) is 24.3 Å². The van der Waals surface area contributed by atoms with E-state index in [-0.39, 0.29) is 5.91 Å². The molecule has 108 valence electrons. The number of nitrogens with one attached hydrogen (secondary N) is 1. The number of rotatable bonds is 2. The summed E-state index contributed by atoms with van der Waals surface area (Å²) in [5.41, 5.74) is 6.04. The van der Waals surface area contributed by atoms with Crippen LogP contribution in [-0.4, -0.2) is 26.0 Å². The molecule has 21 heavy (non-hydrogen) atoms. The van der Waals surface area contributed by atoms with Gasteiger partial charge in [-0.3, -0.25) is 10.6 Å². The van der Waals surface area contributed by atoms with Crippen molar-refractivity contribution in [2.75, 3.05) is 35.4 Å². The lowest BCUT2D eigenvalue weighted by atomic mass is 10.1. The first kappa shape index (κ1) is 13.5. The minimum absolute atomic E-state index is 0.0131. The Hall–Kier alpha value is -2.53. The molecule has 0 radical (unpaired) electrons. The number of hydrazine groups is 1. The second-order valence-corrected chi connectivity index (χ2v) is 5.09. The molecule has 1 aliphatic rings. The molecule has 0 aromatic heterocycles. The highest BCUT2D eigenvalue weighted by molar-refractivity contribution is 6.08. The fourth-order valence-electron chi connectivity index (χ4n) is 2.58. The normalized spacial score (nSPS) is 13.8. The van der Waals surface area contributed by atoms with Crippen LogP contribution in [0.3, 0.4) is 0 Å². The van der Waals surface area contributed by atoms with Crippen molar-refractivity contribution in [2.24, 2.45) is 5.84 Å². The predicted octanol–water partition coefficient (Wildman–Crippen LogP) is 2.07. The van der Waals surface area contributed by atoms with Crippen molar-refractivity contribution < 1.29 is 4.79 Å². The minimum atomic E-state index is 0.0131. The number of nitrogens with zero attached hydrogens (tertiary/aromatic N) is 2. The lowest BCUT2D eigenvalue weighted by molar-refractivity contribution is 0.0987. The number of hydrogen-bond donors (Lipinski definition) is 2. The van der Waals surface area contributed by atoms with E-state index in [1.807, 2.05) is 36.2 Å². The molecule has 3 rings (SSSR count). The third-order valence-electron chi connectivity index (χ3n) is 3.79.